The topological polar surface area (TPSA) is 56.1 Å². The lowest BCUT2D eigenvalue weighted by Gasteiger charge is -2.30. The van der Waals surface area contributed by atoms with Gasteiger partial charge >= 0.3 is 6.18 Å². The van der Waals surface area contributed by atoms with Crippen LogP contribution in [0.5, 0.6) is 0 Å². The summed E-state index contributed by atoms with van der Waals surface area (Å²) in [6, 6.07) is 5.15. The minimum atomic E-state index is -4.38. The molecule has 2 heterocycles. The molecule has 1 aromatic carbocycles. The molecular formula is C21H24F3N3O. The number of carbonyl (C=O) groups is 1. The second kappa shape index (κ2) is 6.68. The van der Waals surface area contributed by atoms with Crippen molar-refractivity contribution >= 4 is 5.91 Å². The normalized spacial score (nSPS) is 31.0. The first-order chi connectivity index (χ1) is 13.2. The van der Waals surface area contributed by atoms with Gasteiger partial charge in [0.25, 0.3) is 0 Å². The van der Waals surface area contributed by atoms with Gasteiger partial charge in [0.2, 0.25) is 5.91 Å². The fourth-order valence-electron chi connectivity index (χ4n) is 5.06. The highest BCUT2D eigenvalue weighted by Gasteiger charge is 2.53. The second-order valence-corrected chi connectivity index (χ2v) is 8.62. The molecular weight excluding hydrogens is 367 g/mol. The standard InChI is InChI=1S/C21H24F3N3O/c1-13-10-16-6-7-18(27(16)12-25)17(11-13)26-19(28)20(8-9-20)14-2-4-15(5-3-14)21(22,23)24/h2-5,13,16-18H,6-11H2,1H3,(H,26,28). The van der Waals surface area contributed by atoms with Gasteiger partial charge in [-0.2, -0.15) is 18.4 Å². The van der Waals surface area contributed by atoms with E-state index in [9.17, 15) is 23.2 Å². The van der Waals surface area contributed by atoms with Crippen molar-refractivity contribution in [3.8, 4) is 6.19 Å². The molecule has 3 fully saturated rings. The van der Waals surface area contributed by atoms with Crippen molar-refractivity contribution in [2.24, 2.45) is 5.92 Å². The van der Waals surface area contributed by atoms with Crippen molar-refractivity contribution in [2.75, 3.05) is 0 Å². The molecule has 0 aromatic heterocycles. The van der Waals surface area contributed by atoms with Gasteiger partial charge in [-0.05, 0) is 62.1 Å². The molecule has 4 rings (SSSR count). The molecule has 4 unspecified atom stereocenters. The highest BCUT2D eigenvalue weighted by Crippen LogP contribution is 2.49. The van der Waals surface area contributed by atoms with Crippen LogP contribution >= 0.6 is 0 Å². The van der Waals surface area contributed by atoms with E-state index in [0.29, 0.717) is 24.3 Å². The Hall–Kier alpha value is -2.23. The van der Waals surface area contributed by atoms with E-state index in [2.05, 4.69) is 18.4 Å². The third-order valence-corrected chi connectivity index (χ3v) is 6.72. The largest absolute Gasteiger partial charge is 0.416 e. The first-order valence-corrected chi connectivity index (χ1v) is 9.91. The molecule has 1 aliphatic carbocycles. The molecule has 1 saturated carbocycles. The number of nitrogens with one attached hydrogen (secondary N) is 1. The molecule has 7 heteroatoms. The van der Waals surface area contributed by atoms with Crippen LogP contribution < -0.4 is 5.32 Å². The summed E-state index contributed by atoms with van der Waals surface area (Å²) < 4.78 is 38.5. The van der Waals surface area contributed by atoms with Crippen molar-refractivity contribution in [3.63, 3.8) is 0 Å². The number of carbonyl (C=O) groups excluding carboxylic acids is 1. The number of rotatable bonds is 3. The van der Waals surface area contributed by atoms with Gasteiger partial charge < -0.3 is 10.2 Å². The lowest BCUT2D eigenvalue weighted by atomic mass is 9.88. The Bertz CT molecular complexity index is 795. The molecule has 150 valence electrons. The van der Waals surface area contributed by atoms with Crippen LogP contribution in [0.2, 0.25) is 0 Å². The highest BCUT2D eigenvalue weighted by molar-refractivity contribution is 5.91. The predicted octanol–water partition coefficient (Wildman–Crippen LogP) is 3.97. The molecule has 1 N–H and O–H groups in total. The summed E-state index contributed by atoms with van der Waals surface area (Å²) >= 11 is 0. The number of fused-ring (bicyclic) bond motifs is 2. The van der Waals surface area contributed by atoms with Crippen molar-refractivity contribution < 1.29 is 18.0 Å². The van der Waals surface area contributed by atoms with Crippen LogP contribution in [0, 0.1) is 17.4 Å². The number of hydrogen-bond donors (Lipinski definition) is 1. The molecule has 4 atom stereocenters. The summed E-state index contributed by atoms with van der Waals surface area (Å²) in [6.45, 7) is 2.15. The first-order valence-electron chi connectivity index (χ1n) is 9.91. The quantitative estimate of drug-likeness (QED) is 0.794. The number of hydrogen-bond acceptors (Lipinski definition) is 3. The molecule has 1 aromatic rings. The zero-order valence-corrected chi connectivity index (χ0v) is 15.8. The monoisotopic (exact) mass is 391 g/mol. The van der Waals surface area contributed by atoms with Crippen LogP contribution in [0.25, 0.3) is 0 Å². The maximum Gasteiger partial charge on any atom is 0.416 e. The number of nitriles is 1. The van der Waals surface area contributed by atoms with E-state index in [-0.39, 0.29) is 24.0 Å². The predicted molar refractivity (Wildman–Crippen MR) is 96.9 cm³/mol. The Kier molecular flexibility index (Phi) is 4.56. The van der Waals surface area contributed by atoms with Crippen molar-refractivity contribution in [2.45, 2.75) is 75.2 Å². The van der Waals surface area contributed by atoms with Crippen molar-refractivity contribution in [1.29, 1.82) is 5.26 Å². The summed E-state index contributed by atoms with van der Waals surface area (Å²) in [5.41, 5.74) is -0.789. The average Bonchev–Trinajstić information content (AvgIpc) is 3.37. The zero-order valence-electron chi connectivity index (χ0n) is 15.8. The number of nitrogens with zero attached hydrogens (tertiary/aromatic N) is 2. The summed E-state index contributed by atoms with van der Waals surface area (Å²) in [4.78, 5) is 15.0. The van der Waals surface area contributed by atoms with Gasteiger partial charge in [-0.25, -0.2) is 0 Å². The molecule has 28 heavy (non-hydrogen) atoms. The SMILES string of the molecule is CC1CC(NC(=O)C2(c3ccc(C(F)(F)F)cc3)CC2)C2CCC(C1)N2C#N. The minimum Gasteiger partial charge on any atom is -0.350 e. The van der Waals surface area contributed by atoms with E-state index in [4.69, 9.17) is 0 Å². The molecule has 4 nitrogen and oxygen atoms in total. The maximum atomic E-state index is 13.1. The maximum absolute atomic E-state index is 13.1. The Morgan fingerprint density at radius 2 is 1.89 bits per heavy atom. The molecule has 3 aliphatic rings. The lowest BCUT2D eigenvalue weighted by molar-refractivity contribution is -0.137. The van der Waals surface area contributed by atoms with Gasteiger partial charge in [0.1, 0.15) is 0 Å². The molecule has 1 amide bonds. The summed E-state index contributed by atoms with van der Waals surface area (Å²) in [7, 11) is 0. The van der Waals surface area contributed by atoms with Crippen LogP contribution in [0.1, 0.15) is 56.6 Å². The van der Waals surface area contributed by atoms with Crippen LogP contribution in [-0.4, -0.2) is 28.9 Å². The van der Waals surface area contributed by atoms with Crippen molar-refractivity contribution in [1.82, 2.24) is 10.2 Å². The molecule has 2 aliphatic heterocycles. The minimum absolute atomic E-state index is 0.0207. The fraction of sp³-hybridized carbons (Fsp3) is 0.619. The molecule has 0 spiro atoms. The van der Waals surface area contributed by atoms with Gasteiger partial charge in [-0.15, -0.1) is 0 Å². The number of alkyl halides is 3. The third-order valence-electron chi connectivity index (χ3n) is 6.72. The molecule has 2 saturated heterocycles. The summed E-state index contributed by atoms with van der Waals surface area (Å²) in [6.07, 6.45) is 2.86. The van der Waals surface area contributed by atoms with Gasteiger partial charge in [-0.3, -0.25) is 4.79 Å². The first kappa shape index (κ1) is 19.1. The second-order valence-electron chi connectivity index (χ2n) is 8.62. The zero-order chi connectivity index (χ0) is 20.1. The number of halogens is 3. The average molecular weight is 391 g/mol. The Labute approximate surface area is 162 Å². The van der Waals surface area contributed by atoms with E-state index in [1.165, 1.54) is 12.1 Å². The lowest BCUT2D eigenvalue weighted by Crippen LogP contribution is -2.50. The van der Waals surface area contributed by atoms with Crippen molar-refractivity contribution in [3.05, 3.63) is 35.4 Å². The smallest absolute Gasteiger partial charge is 0.350 e. The van der Waals surface area contributed by atoms with Crippen LogP contribution in [0.4, 0.5) is 13.2 Å². The van der Waals surface area contributed by atoms with E-state index in [1.54, 1.807) is 0 Å². The van der Waals surface area contributed by atoms with E-state index < -0.39 is 17.2 Å². The fourth-order valence-corrected chi connectivity index (χ4v) is 5.06. The van der Waals surface area contributed by atoms with E-state index in [0.717, 1.165) is 37.8 Å². The van der Waals surface area contributed by atoms with E-state index >= 15 is 0 Å². The van der Waals surface area contributed by atoms with Crippen LogP contribution in [0.3, 0.4) is 0 Å². The van der Waals surface area contributed by atoms with E-state index in [1.807, 2.05) is 4.90 Å². The highest BCUT2D eigenvalue weighted by atomic mass is 19.4. The summed E-state index contributed by atoms with van der Waals surface area (Å²) in [5, 5.41) is 12.7. The Morgan fingerprint density at radius 3 is 2.46 bits per heavy atom. The number of benzene rings is 1. The van der Waals surface area contributed by atoms with Crippen LogP contribution in [-0.2, 0) is 16.4 Å². The van der Waals surface area contributed by atoms with Crippen LogP contribution in [0.15, 0.2) is 24.3 Å². The van der Waals surface area contributed by atoms with Gasteiger partial charge in [0.15, 0.2) is 6.19 Å². The van der Waals surface area contributed by atoms with Gasteiger partial charge in [-0.1, -0.05) is 19.1 Å². The Morgan fingerprint density at radius 1 is 1.21 bits per heavy atom. The number of amides is 1. The summed E-state index contributed by atoms with van der Waals surface area (Å²) in [5.74, 6) is 0.297. The third kappa shape index (κ3) is 3.23. The Balaban J connectivity index is 1.52. The molecule has 0 radical (unpaired) electrons. The van der Waals surface area contributed by atoms with Gasteiger partial charge in [0.05, 0.1) is 23.1 Å². The molecule has 2 bridgehead atoms. The van der Waals surface area contributed by atoms with Gasteiger partial charge in [0, 0.05) is 6.04 Å².